The summed E-state index contributed by atoms with van der Waals surface area (Å²) in [5, 5.41) is 2.12. The van der Waals surface area contributed by atoms with Crippen LogP contribution >= 0.6 is 0 Å². The van der Waals surface area contributed by atoms with Crippen molar-refractivity contribution in [3.05, 3.63) is 86.0 Å². The normalized spacial score (nSPS) is 20.5. The minimum absolute atomic E-state index is 0.160. The third-order valence-electron chi connectivity index (χ3n) is 4.45. The van der Waals surface area contributed by atoms with Crippen LogP contribution in [0.2, 0.25) is 25.2 Å². The standard InChI is InChI=1S/C20H26O4Si4/c1-5-17-27(18-6-2)21-25-22-28(24-26(3,4)23-27,19-13-9-7-10-14-19)20-15-11-8-12-16-20/h5-16H,1-2,17-18H2,3-4H3. The van der Waals surface area contributed by atoms with Crippen molar-refractivity contribution >= 4 is 46.1 Å². The Morgan fingerprint density at radius 2 is 1.29 bits per heavy atom. The zero-order valence-electron chi connectivity index (χ0n) is 16.4. The van der Waals surface area contributed by atoms with Gasteiger partial charge in [0.25, 0.3) is 0 Å². The Morgan fingerprint density at radius 3 is 1.75 bits per heavy atom. The highest BCUT2D eigenvalue weighted by molar-refractivity contribution is 7.00. The summed E-state index contributed by atoms with van der Waals surface area (Å²) in [5.41, 5.74) is 0. The summed E-state index contributed by atoms with van der Waals surface area (Å²) in [4.78, 5) is 0. The molecule has 2 aromatic rings. The molecule has 1 aliphatic heterocycles. The number of rotatable bonds is 6. The third-order valence-corrected chi connectivity index (χ3v) is 18.3. The molecule has 0 saturated carbocycles. The first kappa shape index (κ1) is 21.3. The smallest absolute Gasteiger partial charge is 0.413 e. The molecular formula is C20H26O4Si4. The highest BCUT2D eigenvalue weighted by Crippen LogP contribution is 2.30. The Bertz CT molecular complexity index is 749. The van der Waals surface area contributed by atoms with Gasteiger partial charge in [0.05, 0.1) is 0 Å². The lowest BCUT2D eigenvalue weighted by Crippen LogP contribution is -2.71. The maximum atomic E-state index is 6.91. The average molecular weight is 443 g/mol. The maximum absolute atomic E-state index is 6.91. The van der Waals surface area contributed by atoms with Gasteiger partial charge in [-0.05, 0) is 23.5 Å². The van der Waals surface area contributed by atoms with Gasteiger partial charge in [-0.15, -0.1) is 13.2 Å². The van der Waals surface area contributed by atoms with Crippen molar-refractivity contribution in [2.45, 2.75) is 25.2 Å². The van der Waals surface area contributed by atoms with Gasteiger partial charge in [0.1, 0.15) is 0 Å². The average Bonchev–Trinajstić information content (AvgIpc) is 2.67. The van der Waals surface area contributed by atoms with Crippen molar-refractivity contribution in [2.24, 2.45) is 0 Å². The Labute approximate surface area is 173 Å². The van der Waals surface area contributed by atoms with Crippen molar-refractivity contribution in [3.63, 3.8) is 0 Å². The summed E-state index contributed by atoms with van der Waals surface area (Å²) in [6.45, 7) is 11.9. The van der Waals surface area contributed by atoms with Crippen molar-refractivity contribution in [3.8, 4) is 0 Å². The Balaban J connectivity index is 2.07. The molecular weight excluding hydrogens is 417 g/mol. The molecule has 0 unspecified atom stereocenters. The lowest BCUT2D eigenvalue weighted by atomic mass is 10.4. The molecule has 1 fully saturated rings. The second-order valence-electron chi connectivity index (χ2n) is 7.14. The fourth-order valence-electron chi connectivity index (χ4n) is 3.42. The van der Waals surface area contributed by atoms with E-state index in [0.29, 0.717) is 12.1 Å². The predicted molar refractivity (Wildman–Crippen MR) is 121 cm³/mol. The van der Waals surface area contributed by atoms with Crippen LogP contribution in [0, 0.1) is 0 Å². The highest BCUT2D eigenvalue weighted by Gasteiger charge is 2.54. The number of hydrogen-bond donors (Lipinski definition) is 0. The van der Waals surface area contributed by atoms with E-state index in [2.05, 4.69) is 50.5 Å². The van der Waals surface area contributed by atoms with E-state index in [1.807, 2.05) is 48.6 Å². The summed E-state index contributed by atoms with van der Waals surface area (Å²) in [7, 11) is -8.28. The maximum Gasteiger partial charge on any atom is 0.413 e. The van der Waals surface area contributed by atoms with Crippen LogP contribution in [0.4, 0.5) is 0 Å². The van der Waals surface area contributed by atoms with Gasteiger partial charge >= 0.3 is 35.7 Å². The van der Waals surface area contributed by atoms with Crippen LogP contribution in [-0.4, -0.2) is 35.7 Å². The Morgan fingerprint density at radius 1 is 0.786 bits per heavy atom. The summed E-state index contributed by atoms with van der Waals surface area (Å²) < 4.78 is 26.5. The zero-order valence-corrected chi connectivity index (χ0v) is 20.4. The Kier molecular flexibility index (Phi) is 6.84. The van der Waals surface area contributed by atoms with Gasteiger partial charge in [-0.1, -0.05) is 72.8 Å². The van der Waals surface area contributed by atoms with E-state index >= 15 is 0 Å². The highest BCUT2D eigenvalue weighted by atomic mass is 28.5. The van der Waals surface area contributed by atoms with Gasteiger partial charge in [0.2, 0.25) is 0 Å². The van der Waals surface area contributed by atoms with Crippen LogP contribution in [0.1, 0.15) is 0 Å². The van der Waals surface area contributed by atoms with E-state index in [9.17, 15) is 0 Å². The second kappa shape index (κ2) is 8.97. The number of benzene rings is 2. The van der Waals surface area contributed by atoms with Crippen molar-refractivity contribution in [2.75, 3.05) is 0 Å². The van der Waals surface area contributed by atoms with Gasteiger partial charge in [-0.3, -0.25) is 0 Å². The van der Waals surface area contributed by atoms with Crippen LogP contribution < -0.4 is 10.4 Å². The van der Waals surface area contributed by atoms with Crippen LogP contribution in [-0.2, 0) is 16.5 Å². The molecule has 0 atom stereocenters. The lowest BCUT2D eigenvalue weighted by molar-refractivity contribution is 0.264. The molecule has 28 heavy (non-hydrogen) atoms. The van der Waals surface area contributed by atoms with Crippen molar-refractivity contribution in [1.29, 1.82) is 0 Å². The summed E-state index contributed by atoms with van der Waals surface area (Å²) in [6.07, 6.45) is 3.73. The van der Waals surface area contributed by atoms with Crippen LogP contribution in [0.25, 0.3) is 0 Å². The van der Waals surface area contributed by atoms with Gasteiger partial charge < -0.3 is 16.5 Å². The minimum Gasteiger partial charge on any atom is -0.415 e. The molecule has 0 spiro atoms. The van der Waals surface area contributed by atoms with E-state index in [-0.39, 0.29) is 10.0 Å². The van der Waals surface area contributed by atoms with Gasteiger partial charge in [0.15, 0.2) is 0 Å². The van der Waals surface area contributed by atoms with E-state index in [1.165, 1.54) is 0 Å². The fourth-order valence-corrected chi connectivity index (χ4v) is 18.9. The molecule has 0 amide bonds. The summed E-state index contributed by atoms with van der Waals surface area (Å²) in [5.74, 6) is 0. The zero-order chi connectivity index (χ0) is 20.1. The topological polar surface area (TPSA) is 36.9 Å². The van der Waals surface area contributed by atoms with E-state index in [0.717, 1.165) is 10.4 Å². The number of hydrogen-bond acceptors (Lipinski definition) is 4. The molecule has 3 rings (SSSR count). The van der Waals surface area contributed by atoms with Gasteiger partial charge in [-0.25, -0.2) is 0 Å². The van der Waals surface area contributed by atoms with E-state index in [1.54, 1.807) is 0 Å². The fraction of sp³-hybridized carbons (Fsp3) is 0.200. The van der Waals surface area contributed by atoms with Crippen molar-refractivity contribution < 1.29 is 16.5 Å². The monoisotopic (exact) mass is 442 g/mol. The first-order chi connectivity index (χ1) is 13.5. The van der Waals surface area contributed by atoms with Crippen molar-refractivity contribution in [1.82, 2.24) is 0 Å². The first-order valence-corrected chi connectivity index (χ1v) is 17.0. The molecule has 146 valence electrons. The van der Waals surface area contributed by atoms with E-state index < -0.39 is 25.7 Å². The lowest BCUT2D eigenvalue weighted by Gasteiger charge is -2.45. The van der Waals surface area contributed by atoms with Gasteiger partial charge in [0, 0.05) is 12.1 Å². The van der Waals surface area contributed by atoms with Crippen LogP contribution in [0.3, 0.4) is 0 Å². The quantitative estimate of drug-likeness (QED) is 0.508. The number of allylic oxidation sites excluding steroid dienone is 2. The summed E-state index contributed by atoms with van der Waals surface area (Å²) in [6, 6.07) is 21.8. The Hall–Kier alpha value is -1.37. The molecule has 4 nitrogen and oxygen atoms in total. The second-order valence-corrected chi connectivity index (χ2v) is 18.4. The SMILES string of the molecule is C=CC[Si]1(CC=C)O[Si]O[Si](c2ccccc2)(c2ccccc2)O[Si](C)(C)O1. The third kappa shape index (κ3) is 4.61. The van der Waals surface area contributed by atoms with Gasteiger partial charge in [-0.2, -0.15) is 0 Å². The summed E-state index contributed by atoms with van der Waals surface area (Å²) >= 11 is 0. The largest absolute Gasteiger partial charge is 0.415 e. The molecule has 0 bridgehead atoms. The molecule has 2 radical (unpaired) electrons. The molecule has 0 N–H and O–H groups in total. The first-order valence-electron chi connectivity index (χ1n) is 9.29. The van der Waals surface area contributed by atoms with E-state index in [4.69, 9.17) is 16.5 Å². The molecule has 8 heteroatoms. The molecule has 1 aliphatic rings. The minimum atomic E-state index is -2.97. The molecule has 1 heterocycles. The predicted octanol–water partition coefficient (Wildman–Crippen LogP) is 3.37. The van der Waals surface area contributed by atoms with Crippen LogP contribution in [0.15, 0.2) is 86.0 Å². The van der Waals surface area contributed by atoms with Crippen LogP contribution in [0.5, 0.6) is 0 Å². The molecule has 0 aromatic heterocycles. The molecule has 2 aromatic carbocycles. The molecule has 0 aliphatic carbocycles. The molecule has 1 saturated heterocycles.